The Kier molecular flexibility index (Phi) is 8.66. The number of hydrogen-bond donors (Lipinski definition) is 3. The van der Waals surface area contributed by atoms with Crippen molar-refractivity contribution in [2.75, 3.05) is 12.4 Å². The smallest absolute Gasteiger partial charge is 0.442 e. The molecule has 13 heteroatoms. The number of halogens is 5. The summed E-state index contributed by atoms with van der Waals surface area (Å²) < 4.78 is 38.7. The number of carbonyl (C=O) groups excluding carboxylic acids is 2. The number of alkyl halides is 3. The lowest BCUT2D eigenvalue weighted by Gasteiger charge is -2.16. The molecule has 0 radical (unpaired) electrons. The molecule has 0 aliphatic heterocycles. The first-order valence-electron chi connectivity index (χ1n) is 9.00. The predicted molar refractivity (Wildman–Crippen MR) is 115 cm³/mol. The Hall–Kier alpha value is -3.31. The number of hydrogen-bond acceptors (Lipinski definition) is 5. The van der Waals surface area contributed by atoms with Gasteiger partial charge in [-0.3, -0.25) is 9.59 Å². The minimum Gasteiger partial charge on any atom is -0.480 e. The molecule has 2 amide bonds. The lowest BCUT2D eigenvalue weighted by Crippen LogP contribution is -2.48. The molecular weight excluding hydrogens is 490 g/mol. The third kappa shape index (κ3) is 7.09. The molecule has 176 valence electrons. The van der Waals surface area contributed by atoms with E-state index < -0.39 is 35.7 Å². The van der Waals surface area contributed by atoms with Gasteiger partial charge >= 0.3 is 12.1 Å². The van der Waals surface area contributed by atoms with Crippen molar-refractivity contribution >= 4 is 52.4 Å². The minimum absolute atomic E-state index is 0.0664. The Morgan fingerprint density at radius 1 is 1.09 bits per heavy atom. The summed E-state index contributed by atoms with van der Waals surface area (Å²) in [4.78, 5) is 39.8. The first-order chi connectivity index (χ1) is 15.4. The molecule has 0 unspecified atom stereocenters. The van der Waals surface area contributed by atoms with E-state index in [4.69, 9.17) is 23.2 Å². The van der Waals surface area contributed by atoms with Gasteiger partial charge < -0.3 is 20.6 Å². The maximum absolute atomic E-state index is 12.9. The molecule has 0 saturated carbocycles. The van der Waals surface area contributed by atoms with Gasteiger partial charge in [-0.05, 0) is 29.8 Å². The Bertz CT molecular complexity index is 1060. The molecule has 0 fully saturated rings. The van der Waals surface area contributed by atoms with Crippen LogP contribution in [0.5, 0.6) is 0 Å². The topological polar surface area (TPSA) is 117 Å². The molecule has 0 spiro atoms. The second-order valence-electron chi connectivity index (χ2n) is 6.44. The number of carboxylic acids is 1. The zero-order valence-electron chi connectivity index (χ0n) is 16.7. The number of carboxylic acid groups (broad SMARTS) is 1. The van der Waals surface area contributed by atoms with Crippen LogP contribution in [-0.2, 0) is 20.8 Å². The van der Waals surface area contributed by atoms with E-state index in [1.807, 2.05) is 0 Å². The average molecular weight is 506 g/mol. The molecule has 2 aromatic rings. The normalized spacial score (nSPS) is 12.6. The summed E-state index contributed by atoms with van der Waals surface area (Å²) >= 11 is 12.0. The maximum atomic E-state index is 12.9. The van der Waals surface area contributed by atoms with Crippen molar-refractivity contribution in [1.29, 1.82) is 0 Å². The fourth-order valence-electron chi connectivity index (χ4n) is 2.61. The van der Waals surface area contributed by atoms with Gasteiger partial charge in [0.25, 0.3) is 11.8 Å². The first kappa shape index (κ1) is 25.9. The SMILES string of the molecule is CON=C(C(=O)N[C@@H](Cc1ccc(NC(=O)c2c(Cl)cccc2Cl)cc1)C(=O)O)C(F)(F)F. The van der Waals surface area contributed by atoms with Crippen LogP contribution in [0.2, 0.25) is 10.0 Å². The van der Waals surface area contributed by atoms with E-state index in [1.165, 1.54) is 36.4 Å². The van der Waals surface area contributed by atoms with E-state index in [-0.39, 0.29) is 22.0 Å². The van der Waals surface area contributed by atoms with E-state index in [0.29, 0.717) is 11.3 Å². The van der Waals surface area contributed by atoms with Gasteiger partial charge in [0, 0.05) is 12.1 Å². The fourth-order valence-corrected chi connectivity index (χ4v) is 3.18. The van der Waals surface area contributed by atoms with Crippen molar-refractivity contribution in [2.45, 2.75) is 18.6 Å². The highest BCUT2D eigenvalue weighted by Gasteiger charge is 2.43. The van der Waals surface area contributed by atoms with E-state index >= 15 is 0 Å². The van der Waals surface area contributed by atoms with Crippen LogP contribution in [0.15, 0.2) is 47.6 Å². The summed E-state index contributed by atoms with van der Waals surface area (Å²) in [6.07, 6.45) is -5.49. The molecule has 0 aliphatic rings. The lowest BCUT2D eigenvalue weighted by molar-refractivity contribution is -0.141. The molecule has 2 aromatic carbocycles. The monoisotopic (exact) mass is 505 g/mol. The minimum atomic E-state index is -5.15. The third-order valence-corrected chi connectivity index (χ3v) is 4.74. The van der Waals surface area contributed by atoms with Crippen LogP contribution in [-0.4, -0.2) is 47.9 Å². The van der Waals surface area contributed by atoms with Crippen LogP contribution in [0.4, 0.5) is 18.9 Å². The number of oxime groups is 1. The van der Waals surface area contributed by atoms with Crippen LogP contribution >= 0.6 is 23.2 Å². The van der Waals surface area contributed by atoms with Crippen LogP contribution in [0.25, 0.3) is 0 Å². The zero-order valence-corrected chi connectivity index (χ0v) is 18.3. The average Bonchev–Trinajstić information content (AvgIpc) is 2.71. The van der Waals surface area contributed by atoms with Gasteiger partial charge in [0.05, 0.1) is 15.6 Å². The lowest BCUT2D eigenvalue weighted by atomic mass is 10.0. The van der Waals surface area contributed by atoms with Crippen LogP contribution < -0.4 is 10.6 Å². The van der Waals surface area contributed by atoms with Crippen molar-refractivity contribution in [3.63, 3.8) is 0 Å². The summed E-state index contributed by atoms with van der Waals surface area (Å²) in [6.45, 7) is 0. The summed E-state index contributed by atoms with van der Waals surface area (Å²) in [5.74, 6) is -3.89. The molecule has 2 rings (SSSR count). The van der Waals surface area contributed by atoms with Crippen LogP contribution in [0, 0.1) is 0 Å². The molecule has 8 nitrogen and oxygen atoms in total. The number of amides is 2. The summed E-state index contributed by atoms with van der Waals surface area (Å²) in [7, 11) is 0.813. The van der Waals surface area contributed by atoms with Crippen molar-refractivity contribution in [1.82, 2.24) is 5.32 Å². The van der Waals surface area contributed by atoms with Crippen LogP contribution in [0.3, 0.4) is 0 Å². The van der Waals surface area contributed by atoms with Gasteiger partial charge in [-0.15, -0.1) is 0 Å². The molecule has 0 saturated heterocycles. The number of rotatable bonds is 8. The Balaban J connectivity index is 2.11. The van der Waals surface area contributed by atoms with Gasteiger partial charge in [-0.25, -0.2) is 4.79 Å². The van der Waals surface area contributed by atoms with Gasteiger partial charge in [-0.2, -0.15) is 13.2 Å². The number of carbonyl (C=O) groups is 3. The molecule has 0 aliphatic carbocycles. The number of anilines is 1. The summed E-state index contributed by atoms with van der Waals surface area (Å²) in [5, 5.41) is 16.6. The van der Waals surface area contributed by atoms with E-state index in [2.05, 4.69) is 15.3 Å². The highest BCUT2D eigenvalue weighted by atomic mass is 35.5. The Morgan fingerprint density at radius 2 is 1.67 bits per heavy atom. The summed E-state index contributed by atoms with van der Waals surface area (Å²) in [5.41, 5.74) is -1.18. The van der Waals surface area contributed by atoms with E-state index in [1.54, 1.807) is 11.4 Å². The van der Waals surface area contributed by atoms with E-state index in [9.17, 15) is 32.7 Å². The quantitative estimate of drug-likeness (QED) is 0.371. The number of nitrogens with one attached hydrogen (secondary N) is 2. The second-order valence-corrected chi connectivity index (χ2v) is 7.25. The first-order valence-corrected chi connectivity index (χ1v) is 9.76. The van der Waals surface area contributed by atoms with Crippen molar-refractivity contribution < 1.29 is 37.5 Å². The van der Waals surface area contributed by atoms with Crippen molar-refractivity contribution in [2.24, 2.45) is 5.16 Å². The fraction of sp³-hybridized carbons (Fsp3) is 0.200. The van der Waals surface area contributed by atoms with Gasteiger partial charge in [0.1, 0.15) is 13.2 Å². The largest absolute Gasteiger partial charge is 0.480 e. The van der Waals surface area contributed by atoms with Crippen LogP contribution in [0.1, 0.15) is 15.9 Å². The standard InChI is InChI=1S/C20H16Cl2F3N3O5/c1-33-28-16(20(23,24)25)18(30)27-14(19(31)32)9-10-5-7-11(8-6-10)26-17(29)15-12(21)3-2-4-13(15)22/h2-8,14H,9H2,1H3,(H,26,29)(H,27,30)(H,31,32)/t14-/m0/s1. The predicted octanol–water partition coefficient (Wildman–Crippen LogP) is 3.92. The highest BCUT2D eigenvalue weighted by Crippen LogP contribution is 2.25. The molecule has 0 bridgehead atoms. The Labute approximate surface area is 195 Å². The third-order valence-electron chi connectivity index (χ3n) is 4.11. The molecule has 33 heavy (non-hydrogen) atoms. The molecular formula is C20H16Cl2F3N3O5. The number of aliphatic carboxylic acids is 1. The molecule has 3 N–H and O–H groups in total. The number of benzene rings is 2. The molecule has 0 aromatic heterocycles. The van der Waals surface area contributed by atoms with Gasteiger partial charge in [-0.1, -0.05) is 46.6 Å². The van der Waals surface area contributed by atoms with Crippen molar-refractivity contribution in [3.05, 3.63) is 63.6 Å². The second kappa shape index (κ2) is 11.0. The molecule has 1 atom stereocenters. The maximum Gasteiger partial charge on any atom is 0.442 e. The van der Waals surface area contributed by atoms with E-state index in [0.717, 1.165) is 7.11 Å². The summed E-state index contributed by atoms with van der Waals surface area (Å²) in [6, 6.07) is 8.61. The van der Waals surface area contributed by atoms with Gasteiger partial charge in [0.15, 0.2) is 0 Å². The Morgan fingerprint density at radius 3 is 2.15 bits per heavy atom. The van der Waals surface area contributed by atoms with Crippen molar-refractivity contribution in [3.8, 4) is 0 Å². The molecule has 0 heterocycles. The highest BCUT2D eigenvalue weighted by molar-refractivity contribution is 6.41. The van der Waals surface area contributed by atoms with Gasteiger partial charge in [0.2, 0.25) is 5.71 Å². The number of nitrogens with zero attached hydrogens (tertiary/aromatic N) is 1. The zero-order chi connectivity index (χ0) is 24.8.